The van der Waals surface area contributed by atoms with Crippen LogP contribution in [0.3, 0.4) is 0 Å². The van der Waals surface area contributed by atoms with Gasteiger partial charge in [0.25, 0.3) is 0 Å². The van der Waals surface area contributed by atoms with E-state index in [0.29, 0.717) is 19.3 Å². The number of hydrogen-bond acceptors (Lipinski definition) is 3. The van der Waals surface area contributed by atoms with Gasteiger partial charge in [-0.1, -0.05) is 0 Å². The maximum Gasteiger partial charge on any atom is 0.150 e. The van der Waals surface area contributed by atoms with Crippen LogP contribution in [0.2, 0.25) is 0 Å². The van der Waals surface area contributed by atoms with E-state index in [9.17, 15) is 8.42 Å². The summed E-state index contributed by atoms with van der Waals surface area (Å²) in [5.41, 5.74) is 0. The molecule has 0 bridgehead atoms. The van der Waals surface area contributed by atoms with Gasteiger partial charge >= 0.3 is 0 Å². The zero-order valence-electron chi connectivity index (χ0n) is 5.78. The minimum atomic E-state index is -2.81. The summed E-state index contributed by atoms with van der Waals surface area (Å²) in [5, 5.41) is 9.06. The van der Waals surface area contributed by atoms with Crippen LogP contribution in [0.5, 0.6) is 0 Å². The predicted molar refractivity (Wildman–Crippen MR) is 38.5 cm³/mol. The van der Waals surface area contributed by atoms with E-state index in [1.807, 2.05) is 0 Å². The van der Waals surface area contributed by atoms with Crippen LogP contribution in [0.15, 0.2) is 0 Å². The molecule has 0 aliphatic carbocycles. The molecule has 60 valence electrons. The van der Waals surface area contributed by atoms with Gasteiger partial charge in [0.15, 0.2) is 0 Å². The molecule has 1 N–H and O–H groups in total. The highest BCUT2D eigenvalue weighted by Crippen LogP contribution is 2.11. The standard InChI is InChI=1S/C6H12O3S/c7-6-2-1-4-10(8,9)5-3-6/h6-7H,1-5H2. The van der Waals surface area contributed by atoms with Crippen molar-refractivity contribution >= 4 is 9.84 Å². The Hall–Kier alpha value is -0.0900. The Morgan fingerprint density at radius 1 is 1.20 bits per heavy atom. The van der Waals surface area contributed by atoms with Crippen LogP contribution in [0.4, 0.5) is 0 Å². The van der Waals surface area contributed by atoms with Crippen molar-refractivity contribution in [2.24, 2.45) is 0 Å². The molecule has 0 saturated carbocycles. The summed E-state index contributed by atoms with van der Waals surface area (Å²) in [5.74, 6) is 0.415. The first-order valence-electron chi connectivity index (χ1n) is 3.49. The largest absolute Gasteiger partial charge is 0.393 e. The lowest BCUT2D eigenvalue weighted by Gasteiger charge is -2.01. The molecular weight excluding hydrogens is 152 g/mol. The van der Waals surface area contributed by atoms with Gasteiger partial charge in [-0.2, -0.15) is 0 Å². The van der Waals surface area contributed by atoms with E-state index in [1.165, 1.54) is 0 Å². The van der Waals surface area contributed by atoms with E-state index < -0.39 is 15.9 Å². The smallest absolute Gasteiger partial charge is 0.150 e. The van der Waals surface area contributed by atoms with Crippen molar-refractivity contribution in [1.29, 1.82) is 0 Å². The second kappa shape index (κ2) is 2.88. The lowest BCUT2D eigenvalue weighted by molar-refractivity contribution is 0.162. The van der Waals surface area contributed by atoms with Crippen LogP contribution in [0.1, 0.15) is 19.3 Å². The van der Waals surface area contributed by atoms with Crippen LogP contribution >= 0.6 is 0 Å². The molecule has 0 spiro atoms. The van der Waals surface area contributed by atoms with E-state index in [1.54, 1.807) is 0 Å². The minimum absolute atomic E-state index is 0.161. The molecule has 1 saturated heterocycles. The Labute approximate surface area is 61.0 Å². The van der Waals surface area contributed by atoms with E-state index in [0.717, 1.165) is 0 Å². The van der Waals surface area contributed by atoms with Gasteiger partial charge in [0.1, 0.15) is 9.84 Å². The monoisotopic (exact) mass is 164 g/mol. The molecule has 0 aromatic carbocycles. The molecule has 1 rings (SSSR count). The topological polar surface area (TPSA) is 54.4 Å². The Kier molecular flexibility index (Phi) is 2.31. The van der Waals surface area contributed by atoms with Crippen LogP contribution in [0.25, 0.3) is 0 Å². The fraction of sp³-hybridized carbons (Fsp3) is 1.00. The molecule has 1 aliphatic heterocycles. The third-order valence-electron chi connectivity index (χ3n) is 1.75. The molecule has 3 nitrogen and oxygen atoms in total. The van der Waals surface area contributed by atoms with Crippen molar-refractivity contribution in [2.75, 3.05) is 11.5 Å². The molecule has 0 radical (unpaired) electrons. The molecule has 0 aromatic heterocycles. The maximum atomic E-state index is 10.9. The first kappa shape index (κ1) is 8.01. The molecule has 0 amide bonds. The molecule has 0 aromatic rings. The molecule has 4 heteroatoms. The average molecular weight is 164 g/mol. The van der Waals surface area contributed by atoms with Crippen molar-refractivity contribution in [3.63, 3.8) is 0 Å². The Balaban J connectivity index is 2.58. The molecule has 10 heavy (non-hydrogen) atoms. The number of hydrogen-bond donors (Lipinski definition) is 1. The third-order valence-corrected chi connectivity index (χ3v) is 3.52. The van der Waals surface area contributed by atoms with E-state index in [-0.39, 0.29) is 11.5 Å². The number of aliphatic hydroxyl groups excluding tert-OH is 1. The molecule has 1 unspecified atom stereocenters. The maximum absolute atomic E-state index is 10.9. The number of aliphatic hydroxyl groups is 1. The zero-order valence-corrected chi connectivity index (χ0v) is 6.60. The Morgan fingerprint density at radius 2 is 1.90 bits per heavy atom. The van der Waals surface area contributed by atoms with E-state index >= 15 is 0 Å². The average Bonchev–Trinajstić information content (AvgIpc) is 1.94. The summed E-state index contributed by atoms with van der Waals surface area (Å²) in [6.07, 6.45) is 1.28. The van der Waals surface area contributed by atoms with Crippen molar-refractivity contribution in [1.82, 2.24) is 0 Å². The summed E-state index contributed by atoms with van der Waals surface area (Å²) < 4.78 is 21.8. The van der Waals surface area contributed by atoms with Gasteiger partial charge in [-0.05, 0) is 19.3 Å². The predicted octanol–water partition coefficient (Wildman–Crippen LogP) is -0.0540. The fourth-order valence-corrected chi connectivity index (χ4v) is 2.54. The quantitative estimate of drug-likeness (QED) is 0.546. The van der Waals surface area contributed by atoms with Gasteiger partial charge in [-0.3, -0.25) is 0 Å². The van der Waals surface area contributed by atoms with Crippen molar-refractivity contribution < 1.29 is 13.5 Å². The van der Waals surface area contributed by atoms with Crippen LogP contribution < -0.4 is 0 Å². The number of rotatable bonds is 0. The summed E-state index contributed by atoms with van der Waals surface area (Å²) in [7, 11) is -2.81. The Morgan fingerprint density at radius 3 is 2.60 bits per heavy atom. The first-order chi connectivity index (χ1) is 4.60. The van der Waals surface area contributed by atoms with Crippen LogP contribution in [-0.2, 0) is 9.84 Å². The fourth-order valence-electron chi connectivity index (χ4n) is 1.10. The van der Waals surface area contributed by atoms with Crippen molar-refractivity contribution in [3.05, 3.63) is 0 Å². The molecule has 1 aliphatic rings. The van der Waals surface area contributed by atoms with Crippen LogP contribution in [0, 0.1) is 0 Å². The van der Waals surface area contributed by atoms with Gasteiger partial charge < -0.3 is 5.11 Å². The number of sulfone groups is 1. The Bertz CT molecular complexity index is 195. The molecule has 1 fully saturated rings. The SMILES string of the molecule is O=S1(=O)CCCC(O)CC1. The third kappa shape index (κ3) is 2.27. The highest BCUT2D eigenvalue weighted by molar-refractivity contribution is 7.91. The highest BCUT2D eigenvalue weighted by Gasteiger charge is 2.18. The van der Waals surface area contributed by atoms with Crippen molar-refractivity contribution in [2.45, 2.75) is 25.4 Å². The first-order valence-corrected chi connectivity index (χ1v) is 5.31. The summed E-state index contributed by atoms with van der Waals surface area (Å²) in [4.78, 5) is 0. The summed E-state index contributed by atoms with van der Waals surface area (Å²) in [6, 6.07) is 0. The second-order valence-corrected chi connectivity index (χ2v) is 5.04. The highest BCUT2D eigenvalue weighted by atomic mass is 32.2. The normalized spacial score (nSPS) is 33.1. The van der Waals surface area contributed by atoms with Gasteiger partial charge in [0.05, 0.1) is 17.6 Å². The van der Waals surface area contributed by atoms with Gasteiger partial charge in [-0.25, -0.2) is 8.42 Å². The van der Waals surface area contributed by atoms with E-state index in [2.05, 4.69) is 0 Å². The summed E-state index contributed by atoms with van der Waals surface area (Å²) >= 11 is 0. The zero-order chi connectivity index (χ0) is 7.61. The lowest BCUT2D eigenvalue weighted by atomic mass is 10.2. The second-order valence-electron chi connectivity index (χ2n) is 2.74. The van der Waals surface area contributed by atoms with Gasteiger partial charge in [0.2, 0.25) is 0 Å². The molecular formula is C6H12O3S. The van der Waals surface area contributed by atoms with E-state index in [4.69, 9.17) is 5.11 Å². The molecule has 1 heterocycles. The lowest BCUT2D eigenvalue weighted by Crippen LogP contribution is -2.10. The minimum Gasteiger partial charge on any atom is -0.393 e. The van der Waals surface area contributed by atoms with Gasteiger partial charge in [-0.15, -0.1) is 0 Å². The van der Waals surface area contributed by atoms with Crippen LogP contribution in [-0.4, -0.2) is 31.1 Å². The summed E-state index contributed by atoms with van der Waals surface area (Å²) in [6.45, 7) is 0. The van der Waals surface area contributed by atoms with Gasteiger partial charge in [0, 0.05) is 0 Å². The van der Waals surface area contributed by atoms with Crippen molar-refractivity contribution in [3.8, 4) is 0 Å². The molecule has 1 atom stereocenters.